The van der Waals surface area contributed by atoms with Gasteiger partial charge in [-0.05, 0) is 18.2 Å². The Labute approximate surface area is 108 Å². The number of carbonyl (C=O) groups excluding carboxylic acids is 1. The number of carbonyl (C=O) groups is 1. The summed E-state index contributed by atoms with van der Waals surface area (Å²) in [5.41, 5.74) is 7.72. The highest BCUT2D eigenvalue weighted by atomic mass is 16.2. The summed E-state index contributed by atoms with van der Waals surface area (Å²) in [6.45, 7) is 7.25. The van der Waals surface area contributed by atoms with Crippen molar-refractivity contribution in [3.8, 4) is 0 Å². The molecular weight excluding hydrogens is 226 g/mol. The summed E-state index contributed by atoms with van der Waals surface area (Å²) in [5, 5.41) is 0. The number of piperazine rings is 1. The summed E-state index contributed by atoms with van der Waals surface area (Å²) in [4.78, 5) is 16.1. The van der Waals surface area contributed by atoms with Crippen molar-refractivity contribution in [2.24, 2.45) is 5.92 Å². The van der Waals surface area contributed by atoms with E-state index in [1.807, 2.05) is 36.9 Å². The number of hydrogen-bond donors (Lipinski definition) is 1. The molecule has 1 saturated heterocycles. The Kier molecular flexibility index (Phi) is 3.75. The molecule has 0 aliphatic carbocycles. The first-order valence-electron chi connectivity index (χ1n) is 6.47. The van der Waals surface area contributed by atoms with E-state index in [9.17, 15) is 4.79 Å². The number of nitrogens with two attached hydrogens (primary N) is 1. The van der Waals surface area contributed by atoms with E-state index in [0.717, 1.165) is 37.6 Å². The fourth-order valence-electron chi connectivity index (χ4n) is 2.27. The number of nitrogens with zero attached hydrogens (tertiary/aromatic N) is 2. The lowest BCUT2D eigenvalue weighted by atomic mass is 10.1. The van der Waals surface area contributed by atoms with Gasteiger partial charge in [0.15, 0.2) is 0 Å². The molecule has 4 heteroatoms. The molecule has 0 saturated carbocycles. The van der Waals surface area contributed by atoms with Gasteiger partial charge in [0.05, 0.1) is 0 Å². The Morgan fingerprint density at radius 3 is 2.44 bits per heavy atom. The van der Waals surface area contributed by atoms with Crippen molar-refractivity contribution in [1.29, 1.82) is 0 Å². The number of rotatable bonds is 2. The van der Waals surface area contributed by atoms with E-state index in [0.29, 0.717) is 0 Å². The Hall–Kier alpha value is -1.71. The number of hydrogen-bond acceptors (Lipinski definition) is 3. The van der Waals surface area contributed by atoms with E-state index in [1.54, 1.807) is 0 Å². The maximum atomic E-state index is 11.9. The lowest BCUT2D eigenvalue weighted by Crippen LogP contribution is -2.49. The summed E-state index contributed by atoms with van der Waals surface area (Å²) in [6.07, 6.45) is 0. The van der Waals surface area contributed by atoms with Crippen molar-refractivity contribution in [2.45, 2.75) is 13.8 Å². The third-order valence-electron chi connectivity index (χ3n) is 3.32. The summed E-state index contributed by atoms with van der Waals surface area (Å²) < 4.78 is 0. The molecule has 0 bridgehead atoms. The van der Waals surface area contributed by atoms with Crippen LogP contribution in [0.15, 0.2) is 24.3 Å². The van der Waals surface area contributed by atoms with Gasteiger partial charge < -0.3 is 15.5 Å². The third-order valence-corrected chi connectivity index (χ3v) is 3.32. The van der Waals surface area contributed by atoms with E-state index in [4.69, 9.17) is 5.73 Å². The largest absolute Gasteiger partial charge is 0.399 e. The first kappa shape index (κ1) is 12.7. The highest BCUT2D eigenvalue weighted by Gasteiger charge is 2.22. The fraction of sp³-hybridized carbons (Fsp3) is 0.500. The molecule has 1 aromatic carbocycles. The average Bonchev–Trinajstić information content (AvgIpc) is 2.38. The van der Waals surface area contributed by atoms with Crippen LogP contribution >= 0.6 is 0 Å². The van der Waals surface area contributed by atoms with Crippen LogP contribution in [0.4, 0.5) is 11.4 Å². The molecule has 0 radical (unpaired) electrons. The van der Waals surface area contributed by atoms with Gasteiger partial charge in [0.25, 0.3) is 0 Å². The van der Waals surface area contributed by atoms with Crippen molar-refractivity contribution in [3.63, 3.8) is 0 Å². The van der Waals surface area contributed by atoms with Crippen molar-refractivity contribution < 1.29 is 4.79 Å². The second-order valence-corrected chi connectivity index (χ2v) is 5.06. The molecule has 4 nitrogen and oxygen atoms in total. The van der Waals surface area contributed by atoms with Crippen LogP contribution in [0, 0.1) is 5.92 Å². The van der Waals surface area contributed by atoms with Crippen LogP contribution in [0.2, 0.25) is 0 Å². The van der Waals surface area contributed by atoms with Gasteiger partial charge in [-0.3, -0.25) is 4.79 Å². The van der Waals surface area contributed by atoms with Crippen LogP contribution in [0.25, 0.3) is 0 Å². The smallest absolute Gasteiger partial charge is 0.225 e. The van der Waals surface area contributed by atoms with Crippen LogP contribution in [0.5, 0.6) is 0 Å². The second kappa shape index (κ2) is 5.29. The fourth-order valence-corrected chi connectivity index (χ4v) is 2.27. The average molecular weight is 247 g/mol. The monoisotopic (exact) mass is 247 g/mol. The first-order chi connectivity index (χ1) is 8.58. The van der Waals surface area contributed by atoms with E-state index >= 15 is 0 Å². The van der Waals surface area contributed by atoms with Gasteiger partial charge in [-0.25, -0.2) is 0 Å². The highest BCUT2D eigenvalue weighted by Crippen LogP contribution is 2.19. The van der Waals surface area contributed by atoms with Gasteiger partial charge >= 0.3 is 0 Å². The SMILES string of the molecule is CC(C)C(=O)N1CCN(c2cccc(N)c2)CC1. The van der Waals surface area contributed by atoms with E-state index < -0.39 is 0 Å². The molecule has 1 fully saturated rings. The second-order valence-electron chi connectivity index (χ2n) is 5.06. The van der Waals surface area contributed by atoms with Crippen LogP contribution in [-0.2, 0) is 4.79 Å². The molecule has 0 spiro atoms. The number of anilines is 2. The molecule has 18 heavy (non-hydrogen) atoms. The normalized spacial score (nSPS) is 16.2. The first-order valence-corrected chi connectivity index (χ1v) is 6.47. The lowest BCUT2D eigenvalue weighted by molar-refractivity contribution is -0.134. The third kappa shape index (κ3) is 2.75. The molecule has 2 N–H and O–H groups in total. The van der Waals surface area contributed by atoms with Crippen LogP contribution < -0.4 is 10.6 Å². The standard InChI is InChI=1S/C14H21N3O/c1-11(2)14(18)17-8-6-16(7-9-17)13-5-3-4-12(15)10-13/h3-5,10-11H,6-9,15H2,1-2H3. The summed E-state index contributed by atoms with van der Waals surface area (Å²) >= 11 is 0. The van der Waals surface area contributed by atoms with E-state index in [2.05, 4.69) is 11.0 Å². The topological polar surface area (TPSA) is 49.6 Å². The van der Waals surface area contributed by atoms with Crippen LogP contribution in [0.1, 0.15) is 13.8 Å². The Morgan fingerprint density at radius 2 is 1.89 bits per heavy atom. The van der Waals surface area contributed by atoms with Gasteiger partial charge in [0.2, 0.25) is 5.91 Å². The summed E-state index contributed by atoms with van der Waals surface area (Å²) in [7, 11) is 0. The minimum atomic E-state index is 0.0870. The predicted octanol–water partition coefficient (Wildman–Crippen LogP) is 1.57. The minimum Gasteiger partial charge on any atom is -0.399 e. The molecule has 1 aliphatic rings. The summed E-state index contributed by atoms with van der Waals surface area (Å²) in [5.74, 6) is 0.339. The van der Waals surface area contributed by atoms with Crippen LogP contribution in [-0.4, -0.2) is 37.0 Å². The Balaban J connectivity index is 1.96. The van der Waals surface area contributed by atoms with Crippen molar-refractivity contribution in [1.82, 2.24) is 4.90 Å². The number of amides is 1. The number of nitrogen functional groups attached to an aromatic ring is 1. The van der Waals surface area contributed by atoms with Gasteiger partial charge in [0, 0.05) is 43.5 Å². The maximum Gasteiger partial charge on any atom is 0.225 e. The Bertz CT molecular complexity index is 423. The Morgan fingerprint density at radius 1 is 1.22 bits per heavy atom. The van der Waals surface area contributed by atoms with Gasteiger partial charge in [0.1, 0.15) is 0 Å². The highest BCUT2D eigenvalue weighted by molar-refractivity contribution is 5.78. The zero-order chi connectivity index (χ0) is 13.1. The van der Waals surface area contributed by atoms with Crippen molar-refractivity contribution in [2.75, 3.05) is 36.8 Å². The number of benzene rings is 1. The van der Waals surface area contributed by atoms with Gasteiger partial charge in [-0.1, -0.05) is 19.9 Å². The quantitative estimate of drug-likeness (QED) is 0.807. The van der Waals surface area contributed by atoms with Gasteiger partial charge in [-0.2, -0.15) is 0 Å². The minimum absolute atomic E-state index is 0.0870. The lowest BCUT2D eigenvalue weighted by Gasteiger charge is -2.37. The molecular formula is C14H21N3O. The summed E-state index contributed by atoms with van der Waals surface area (Å²) in [6, 6.07) is 7.91. The molecule has 2 rings (SSSR count). The zero-order valence-electron chi connectivity index (χ0n) is 11.1. The van der Waals surface area contributed by atoms with E-state index in [1.165, 1.54) is 0 Å². The van der Waals surface area contributed by atoms with Crippen molar-refractivity contribution in [3.05, 3.63) is 24.3 Å². The molecule has 0 atom stereocenters. The van der Waals surface area contributed by atoms with E-state index in [-0.39, 0.29) is 11.8 Å². The molecule has 1 aliphatic heterocycles. The molecule has 0 unspecified atom stereocenters. The van der Waals surface area contributed by atoms with Crippen molar-refractivity contribution >= 4 is 17.3 Å². The maximum absolute atomic E-state index is 11.9. The zero-order valence-corrected chi connectivity index (χ0v) is 11.1. The predicted molar refractivity (Wildman–Crippen MR) is 74.5 cm³/mol. The van der Waals surface area contributed by atoms with Gasteiger partial charge in [-0.15, -0.1) is 0 Å². The molecule has 0 aromatic heterocycles. The molecule has 1 amide bonds. The molecule has 1 heterocycles. The van der Waals surface area contributed by atoms with Crippen LogP contribution in [0.3, 0.4) is 0 Å². The molecule has 1 aromatic rings. The molecule has 98 valence electrons.